The van der Waals surface area contributed by atoms with Crippen molar-refractivity contribution < 1.29 is 0 Å². The SMILES string of the molecule is [C-]#[N+]/C(C#N)=C(/C)CC#N. The molecule has 0 aliphatic heterocycles. The van der Waals surface area contributed by atoms with Gasteiger partial charge >= 0.3 is 0 Å². The zero-order chi connectivity index (χ0) is 7.98. The average Bonchev–Trinajstić information content (AvgIpc) is 1.91. The van der Waals surface area contributed by atoms with Gasteiger partial charge in [-0.15, -0.1) is 0 Å². The zero-order valence-corrected chi connectivity index (χ0v) is 5.55. The molecule has 0 radical (unpaired) electrons. The molecule has 0 heterocycles. The van der Waals surface area contributed by atoms with Crippen molar-refractivity contribution in [3.63, 3.8) is 0 Å². The summed E-state index contributed by atoms with van der Waals surface area (Å²) in [6, 6.07) is 3.57. The molecule has 0 unspecified atom stereocenters. The van der Waals surface area contributed by atoms with Gasteiger partial charge < -0.3 is 0 Å². The maximum Gasteiger partial charge on any atom is 0.261 e. The lowest BCUT2D eigenvalue weighted by Crippen LogP contribution is -1.78. The Kier molecular flexibility index (Phi) is 3.39. The molecule has 0 atom stereocenters. The van der Waals surface area contributed by atoms with Gasteiger partial charge in [0.05, 0.1) is 18.7 Å². The van der Waals surface area contributed by atoms with E-state index in [2.05, 4.69) is 4.85 Å². The Morgan fingerprint density at radius 1 is 1.60 bits per heavy atom. The van der Waals surface area contributed by atoms with Gasteiger partial charge in [0.2, 0.25) is 0 Å². The monoisotopic (exact) mass is 131 g/mol. The van der Waals surface area contributed by atoms with Crippen molar-refractivity contribution in [2.24, 2.45) is 0 Å². The van der Waals surface area contributed by atoms with Gasteiger partial charge in [-0.25, -0.2) is 10.1 Å². The van der Waals surface area contributed by atoms with Crippen LogP contribution in [0.4, 0.5) is 0 Å². The van der Waals surface area contributed by atoms with E-state index in [1.807, 2.05) is 6.07 Å². The van der Waals surface area contributed by atoms with Crippen LogP contribution < -0.4 is 0 Å². The van der Waals surface area contributed by atoms with Gasteiger partial charge in [0.25, 0.3) is 5.70 Å². The summed E-state index contributed by atoms with van der Waals surface area (Å²) in [4.78, 5) is 2.94. The third-order valence-corrected chi connectivity index (χ3v) is 0.966. The van der Waals surface area contributed by atoms with Crippen LogP contribution in [0.25, 0.3) is 4.85 Å². The summed E-state index contributed by atoms with van der Waals surface area (Å²) in [7, 11) is 0. The first-order valence-electron chi connectivity index (χ1n) is 2.60. The summed E-state index contributed by atoms with van der Waals surface area (Å²) in [5.41, 5.74) is 0.571. The molecule has 0 rings (SSSR count). The first kappa shape index (κ1) is 8.21. The number of hydrogen-bond acceptors (Lipinski definition) is 2. The zero-order valence-electron chi connectivity index (χ0n) is 5.55. The summed E-state index contributed by atoms with van der Waals surface area (Å²) in [5.74, 6) is 0. The molecule has 10 heavy (non-hydrogen) atoms. The van der Waals surface area contributed by atoms with Crippen molar-refractivity contribution in [3.05, 3.63) is 22.7 Å². The summed E-state index contributed by atoms with van der Waals surface area (Å²) >= 11 is 0. The largest absolute Gasteiger partial charge is 0.261 e. The molecule has 0 N–H and O–H groups in total. The molecule has 0 aliphatic carbocycles. The van der Waals surface area contributed by atoms with Crippen LogP contribution in [0.15, 0.2) is 11.3 Å². The minimum Gasteiger partial charge on any atom is -0.227 e. The molecular formula is C7H5N3. The minimum atomic E-state index is 0.0292. The molecule has 0 aromatic rings. The van der Waals surface area contributed by atoms with Crippen molar-refractivity contribution in [3.8, 4) is 12.1 Å². The van der Waals surface area contributed by atoms with Crippen LogP contribution in [0.3, 0.4) is 0 Å². The van der Waals surface area contributed by atoms with Crippen molar-refractivity contribution in [2.45, 2.75) is 13.3 Å². The van der Waals surface area contributed by atoms with E-state index in [4.69, 9.17) is 17.1 Å². The van der Waals surface area contributed by atoms with E-state index in [1.165, 1.54) is 0 Å². The quantitative estimate of drug-likeness (QED) is 0.401. The van der Waals surface area contributed by atoms with Crippen LogP contribution in [0.5, 0.6) is 0 Å². The van der Waals surface area contributed by atoms with E-state index in [0.29, 0.717) is 5.57 Å². The fraction of sp³-hybridized carbons (Fsp3) is 0.286. The molecule has 3 heteroatoms. The highest BCUT2D eigenvalue weighted by Gasteiger charge is 1.98. The molecule has 0 fully saturated rings. The maximum atomic E-state index is 8.29. The summed E-state index contributed by atoms with van der Waals surface area (Å²) < 4.78 is 0. The molecule has 0 aromatic carbocycles. The first-order valence-corrected chi connectivity index (χ1v) is 2.60. The standard InChI is InChI=1S/C7H5N3/c1-6(3-4-8)7(5-9)10-2/h3H2,1H3/b7-6-. The number of rotatable bonds is 1. The van der Waals surface area contributed by atoms with Crippen molar-refractivity contribution >= 4 is 0 Å². The van der Waals surface area contributed by atoms with Gasteiger partial charge in [-0.3, -0.25) is 0 Å². The van der Waals surface area contributed by atoms with E-state index in [1.54, 1.807) is 13.0 Å². The van der Waals surface area contributed by atoms with E-state index in [9.17, 15) is 0 Å². The highest BCUT2D eigenvalue weighted by molar-refractivity contribution is 5.33. The number of nitrogens with zero attached hydrogens (tertiary/aromatic N) is 3. The van der Waals surface area contributed by atoms with Gasteiger partial charge in [-0.2, -0.15) is 5.26 Å². The Balaban J connectivity index is 4.56. The molecule has 0 aliphatic rings. The molecule has 0 spiro atoms. The van der Waals surface area contributed by atoms with Gasteiger partial charge in [0.15, 0.2) is 0 Å². The van der Waals surface area contributed by atoms with Gasteiger partial charge in [0, 0.05) is 6.42 Å². The van der Waals surface area contributed by atoms with Crippen molar-refractivity contribution in [2.75, 3.05) is 0 Å². The fourth-order valence-electron chi connectivity index (χ4n) is 0.418. The predicted molar refractivity (Wildman–Crippen MR) is 35.1 cm³/mol. The van der Waals surface area contributed by atoms with Crippen LogP contribution in [0, 0.1) is 29.2 Å². The van der Waals surface area contributed by atoms with Crippen molar-refractivity contribution in [1.29, 1.82) is 10.5 Å². The van der Waals surface area contributed by atoms with Crippen LogP contribution in [-0.2, 0) is 0 Å². The van der Waals surface area contributed by atoms with Crippen molar-refractivity contribution in [1.82, 2.24) is 0 Å². The second-order valence-corrected chi connectivity index (χ2v) is 1.69. The van der Waals surface area contributed by atoms with E-state index in [0.717, 1.165) is 0 Å². The first-order chi connectivity index (χ1) is 4.76. The van der Waals surface area contributed by atoms with Gasteiger partial charge in [-0.05, 0) is 5.57 Å². The third kappa shape index (κ3) is 1.99. The molecule has 0 saturated heterocycles. The lowest BCUT2D eigenvalue weighted by Gasteiger charge is -1.88. The van der Waals surface area contributed by atoms with E-state index in [-0.39, 0.29) is 12.1 Å². The predicted octanol–water partition coefficient (Wildman–Crippen LogP) is 1.62. The average molecular weight is 131 g/mol. The Labute approximate surface area is 59.6 Å². The maximum absolute atomic E-state index is 8.29. The lowest BCUT2D eigenvalue weighted by molar-refractivity contribution is 1.19. The highest BCUT2D eigenvalue weighted by atomic mass is 14.7. The third-order valence-electron chi connectivity index (χ3n) is 0.966. The molecule has 0 saturated carbocycles. The molecule has 0 amide bonds. The number of hydrogen-bond donors (Lipinski definition) is 0. The summed E-state index contributed by atoms with van der Waals surface area (Å²) in [5, 5.41) is 16.5. The topological polar surface area (TPSA) is 51.9 Å². The second kappa shape index (κ2) is 4.13. The molecule has 48 valence electrons. The lowest BCUT2D eigenvalue weighted by atomic mass is 10.2. The van der Waals surface area contributed by atoms with Crippen LogP contribution in [0.2, 0.25) is 0 Å². The normalized spacial score (nSPS) is 10.2. The Bertz CT molecular complexity index is 251. The van der Waals surface area contributed by atoms with E-state index < -0.39 is 0 Å². The smallest absolute Gasteiger partial charge is 0.227 e. The Morgan fingerprint density at radius 3 is 2.50 bits per heavy atom. The van der Waals surface area contributed by atoms with Crippen LogP contribution >= 0.6 is 0 Å². The van der Waals surface area contributed by atoms with Crippen LogP contribution in [-0.4, -0.2) is 0 Å². The Hall–Kier alpha value is -1.79. The minimum absolute atomic E-state index is 0.0292. The van der Waals surface area contributed by atoms with Crippen LogP contribution in [0.1, 0.15) is 13.3 Å². The summed E-state index contributed by atoms with van der Waals surface area (Å²) in [6.45, 7) is 8.11. The molecular weight excluding hydrogens is 126 g/mol. The summed E-state index contributed by atoms with van der Waals surface area (Å²) in [6.07, 6.45) is 0.158. The molecule has 0 bridgehead atoms. The number of nitriles is 2. The second-order valence-electron chi connectivity index (χ2n) is 1.69. The van der Waals surface area contributed by atoms with Gasteiger partial charge in [-0.1, -0.05) is 6.92 Å². The molecule has 3 nitrogen and oxygen atoms in total. The Morgan fingerprint density at radius 2 is 2.20 bits per heavy atom. The van der Waals surface area contributed by atoms with Gasteiger partial charge in [0.1, 0.15) is 0 Å². The molecule has 0 aromatic heterocycles. The van der Waals surface area contributed by atoms with E-state index >= 15 is 0 Å². The number of allylic oxidation sites excluding steroid dienone is 2. The highest BCUT2D eigenvalue weighted by Crippen LogP contribution is 2.06. The fourth-order valence-corrected chi connectivity index (χ4v) is 0.418.